The molecule has 284 valence electrons. The third-order valence-corrected chi connectivity index (χ3v) is 67.3. The number of benzene rings is 4. The van der Waals surface area contributed by atoms with Crippen molar-refractivity contribution in [2.45, 2.75) is 59.6 Å². The molecule has 2 N–H and O–H groups in total. The predicted molar refractivity (Wildman–Crippen MR) is 228 cm³/mol. The van der Waals surface area contributed by atoms with Crippen LogP contribution in [0, 0.1) is 0 Å². The van der Waals surface area contributed by atoms with E-state index in [1.54, 1.807) is 0 Å². The van der Waals surface area contributed by atoms with Crippen LogP contribution in [0.25, 0.3) is 20.8 Å². The molecule has 2 unspecified atom stereocenters. The van der Waals surface area contributed by atoms with Crippen molar-refractivity contribution in [2.24, 2.45) is 0 Å². The van der Waals surface area contributed by atoms with Crippen LogP contribution >= 0.6 is 0 Å². The monoisotopic (exact) mass is 922 g/mol. The van der Waals surface area contributed by atoms with Gasteiger partial charge in [-0.05, 0) is 0 Å². The zero-order valence-corrected chi connectivity index (χ0v) is 38.5. The number of rotatable bonds is 13. The Hall–Kier alpha value is -3.87. The SMILES string of the molecule is CCC(=O)[NH][In]([NH]C(=O)CC)[Zr]([C](=CC=Cc1ccccc1)c1ccccc1)([CH]1C=C(N2CCCC2)c2ccccc21)[CH]1C=C(N2CCCC2)c2ccccc21. The normalized spacial score (nSPS) is 20.0. The quantitative estimate of drug-likeness (QED) is 0.131. The zero-order chi connectivity index (χ0) is 38.5. The Kier molecular flexibility index (Phi) is 12.3. The second-order valence-corrected chi connectivity index (χ2v) is 54.3. The van der Waals surface area contributed by atoms with Crippen molar-refractivity contribution in [3.8, 4) is 0 Å². The van der Waals surface area contributed by atoms with Gasteiger partial charge in [-0.1, -0.05) is 0 Å². The van der Waals surface area contributed by atoms with Gasteiger partial charge in [-0.15, -0.1) is 0 Å². The molecule has 0 spiro atoms. The Bertz CT molecular complexity index is 2070. The van der Waals surface area contributed by atoms with E-state index in [-0.39, 0.29) is 19.1 Å². The van der Waals surface area contributed by atoms with Crippen molar-refractivity contribution < 1.29 is 25.2 Å². The summed E-state index contributed by atoms with van der Waals surface area (Å²) in [6, 6.07) is 39.6. The van der Waals surface area contributed by atoms with Gasteiger partial charge in [-0.25, -0.2) is 0 Å². The summed E-state index contributed by atoms with van der Waals surface area (Å²) < 4.78 is 9.08. The van der Waals surface area contributed by atoms with Gasteiger partial charge in [-0.3, -0.25) is 0 Å². The topological polar surface area (TPSA) is 64.7 Å². The van der Waals surface area contributed by atoms with Crippen LogP contribution in [0.4, 0.5) is 0 Å². The summed E-state index contributed by atoms with van der Waals surface area (Å²) in [4.78, 5) is 33.4. The predicted octanol–water partition coefficient (Wildman–Crippen LogP) is 9.32. The van der Waals surface area contributed by atoms with Gasteiger partial charge in [0.2, 0.25) is 0 Å². The van der Waals surface area contributed by atoms with E-state index in [4.69, 9.17) is 0 Å². The Morgan fingerprint density at radius 3 is 1.57 bits per heavy atom. The maximum atomic E-state index is 14.1. The maximum absolute atomic E-state index is 14.1. The third-order valence-electron chi connectivity index (χ3n) is 12.3. The number of fused-ring (bicyclic) bond motifs is 2. The first-order valence-electron chi connectivity index (χ1n) is 20.7. The van der Waals surface area contributed by atoms with Gasteiger partial charge >= 0.3 is 344 Å². The van der Waals surface area contributed by atoms with Crippen molar-refractivity contribution in [1.82, 2.24) is 16.4 Å². The minimum atomic E-state index is -4.55. The molecule has 56 heavy (non-hydrogen) atoms. The first-order chi connectivity index (χ1) is 27.5. The van der Waals surface area contributed by atoms with E-state index in [0.717, 1.165) is 31.7 Å². The summed E-state index contributed by atoms with van der Waals surface area (Å²) in [5.41, 5.74) is 10.4. The van der Waals surface area contributed by atoms with E-state index in [0.29, 0.717) is 12.8 Å². The van der Waals surface area contributed by atoms with Gasteiger partial charge in [-0.2, -0.15) is 0 Å². The molecule has 2 fully saturated rings. The zero-order valence-electron chi connectivity index (χ0n) is 32.8. The molecule has 2 heterocycles. The van der Waals surface area contributed by atoms with E-state index in [1.807, 2.05) is 13.8 Å². The second-order valence-electron chi connectivity index (χ2n) is 15.5. The molecule has 2 amide bonds. The number of likely N-dealkylation sites (tertiary alicyclic amines) is 2. The first-order valence-corrected chi connectivity index (χ1v) is 39.3. The molecule has 2 saturated heterocycles. The number of nitrogens with one attached hydrogen (secondary N) is 2. The summed E-state index contributed by atoms with van der Waals surface area (Å²) in [6.07, 6.45) is 17.6. The Balaban J connectivity index is 1.50. The van der Waals surface area contributed by atoms with E-state index in [2.05, 4.69) is 156 Å². The molecule has 8 rings (SSSR count). The Morgan fingerprint density at radius 1 is 0.643 bits per heavy atom. The number of carbonyl (C=O) groups excluding carboxylic acids is 2. The molecular formula is C48H53InN4O2Zr. The molecule has 2 aliphatic carbocycles. The van der Waals surface area contributed by atoms with Crippen LogP contribution in [-0.4, -0.2) is 65.1 Å². The van der Waals surface area contributed by atoms with Crippen molar-refractivity contribution in [1.29, 1.82) is 0 Å². The van der Waals surface area contributed by atoms with Gasteiger partial charge in [0.15, 0.2) is 0 Å². The molecule has 0 radical (unpaired) electrons. The fourth-order valence-electron chi connectivity index (χ4n) is 9.71. The first kappa shape index (κ1) is 39.0. The number of allylic oxidation sites excluding steroid dienone is 4. The molecule has 0 saturated carbocycles. The fourth-order valence-corrected chi connectivity index (χ4v) is 72.2. The van der Waals surface area contributed by atoms with Gasteiger partial charge in [0, 0.05) is 0 Å². The van der Waals surface area contributed by atoms with E-state index in [9.17, 15) is 9.59 Å². The van der Waals surface area contributed by atoms with Gasteiger partial charge in [0.05, 0.1) is 0 Å². The summed E-state index contributed by atoms with van der Waals surface area (Å²) in [7, 11) is 0. The van der Waals surface area contributed by atoms with Crippen LogP contribution in [0.5, 0.6) is 0 Å². The summed E-state index contributed by atoms with van der Waals surface area (Å²) in [6.45, 7) is 8.09. The molecule has 4 aliphatic rings. The van der Waals surface area contributed by atoms with Crippen LogP contribution in [0.15, 0.2) is 133 Å². The van der Waals surface area contributed by atoms with Crippen LogP contribution in [0.2, 0.25) is 0 Å². The van der Waals surface area contributed by atoms with Crippen LogP contribution < -0.4 is 6.61 Å². The molecule has 2 aliphatic heterocycles. The summed E-state index contributed by atoms with van der Waals surface area (Å²) in [5.74, 6) is 0.0844. The molecule has 4 aromatic rings. The van der Waals surface area contributed by atoms with E-state index in [1.165, 1.54) is 68.2 Å². The number of carbonyl (C=O) groups is 2. The molecule has 0 bridgehead atoms. The number of amides is 2. The van der Waals surface area contributed by atoms with E-state index < -0.39 is 32.8 Å². The fraction of sp³-hybridized carbons (Fsp3) is 0.292. The van der Waals surface area contributed by atoms with Crippen LogP contribution in [0.1, 0.15) is 93.0 Å². The number of hydrogen-bond acceptors (Lipinski definition) is 4. The molecule has 6 nitrogen and oxygen atoms in total. The van der Waals surface area contributed by atoms with Crippen molar-refractivity contribution >= 4 is 49.8 Å². The van der Waals surface area contributed by atoms with Crippen LogP contribution in [0.3, 0.4) is 0 Å². The Labute approximate surface area is 341 Å². The summed E-state index contributed by atoms with van der Waals surface area (Å²) >= 11 is -8.41. The number of nitrogens with zero attached hydrogens (tertiary/aromatic N) is 2. The molecule has 4 aromatic carbocycles. The van der Waals surface area contributed by atoms with Crippen molar-refractivity contribution in [2.75, 3.05) is 26.2 Å². The number of hydrogen-bond donors (Lipinski definition) is 2. The van der Waals surface area contributed by atoms with Crippen LogP contribution in [-0.2, 0) is 25.2 Å². The molecule has 8 heteroatoms. The standard InChI is InChI=1S/C16H13.2C13H14N.2C3H7NO.In.Zr/c1-3-9-15(10-4-1)13-7-8-14-16-11-5-2-6-12-16;2*1-2-6-12-11(5-1)7-8-13(12)14-9-3-4-10-14;2*1-2-3(4)5;;/h1-13H;2*1-2,5-8H,3-4,9-10H2;2*2H2,1H3,(H2,4,5);;/q;;;;;+2;/p-2. The van der Waals surface area contributed by atoms with Gasteiger partial charge in [0.1, 0.15) is 0 Å². The average molecular weight is 924 g/mol. The minimum absolute atomic E-state index is 0.0422. The molecule has 2 atom stereocenters. The van der Waals surface area contributed by atoms with Crippen molar-refractivity contribution in [3.63, 3.8) is 0 Å². The van der Waals surface area contributed by atoms with Crippen molar-refractivity contribution in [3.05, 3.63) is 167 Å². The second kappa shape index (κ2) is 17.7. The Morgan fingerprint density at radius 2 is 1.09 bits per heavy atom. The average Bonchev–Trinajstić information content (AvgIpc) is 4.08. The third kappa shape index (κ3) is 7.61. The van der Waals surface area contributed by atoms with E-state index >= 15 is 0 Å². The molecular weight excluding hydrogens is 871 g/mol. The van der Waals surface area contributed by atoms with Gasteiger partial charge in [0.25, 0.3) is 0 Å². The van der Waals surface area contributed by atoms with Gasteiger partial charge < -0.3 is 0 Å². The molecule has 0 aromatic heterocycles. The summed E-state index contributed by atoms with van der Waals surface area (Å²) in [5, 5.41) is 0.